The number of nitrogens with zero attached hydrogens (tertiary/aromatic N) is 2. The maximum absolute atomic E-state index is 11.6. The van der Waals surface area contributed by atoms with Crippen LogP contribution in [-0.2, 0) is 11.3 Å². The maximum Gasteiger partial charge on any atom is 0.337 e. The number of anilines is 3. The largest absolute Gasteiger partial charge is 0.465 e. The zero-order chi connectivity index (χ0) is 18.4. The summed E-state index contributed by atoms with van der Waals surface area (Å²) in [5.41, 5.74) is 3.58. The van der Waals surface area contributed by atoms with Gasteiger partial charge in [-0.1, -0.05) is 35.9 Å². The van der Waals surface area contributed by atoms with E-state index in [1.54, 1.807) is 24.4 Å². The Morgan fingerprint density at radius 3 is 2.77 bits per heavy atom. The first-order valence-corrected chi connectivity index (χ1v) is 8.22. The highest BCUT2D eigenvalue weighted by molar-refractivity contribution is 5.90. The van der Waals surface area contributed by atoms with Gasteiger partial charge in [0.2, 0.25) is 5.95 Å². The lowest BCUT2D eigenvalue weighted by atomic mass is 10.1. The highest BCUT2D eigenvalue weighted by atomic mass is 16.5. The van der Waals surface area contributed by atoms with E-state index < -0.39 is 0 Å². The van der Waals surface area contributed by atoms with E-state index in [4.69, 9.17) is 4.74 Å². The van der Waals surface area contributed by atoms with E-state index in [0.717, 1.165) is 0 Å². The van der Waals surface area contributed by atoms with Crippen molar-refractivity contribution in [3.63, 3.8) is 0 Å². The number of benzene rings is 2. The van der Waals surface area contributed by atoms with Crippen LogP contribution in [0, 0.1) is 6.92 Å². The third kappa shape index (κ3) is 4.57. The molecule has 0 bridgehead atoms. The predicted molar refractivity (Wildman–Crippen MR) is 102 cm³/mol. The molecular formula is C20H20N4O2. The van der Waals surface area contributed by atoms with Gasteiger partial charge < -0.3 is 15.4 Å². The maximum atomic E-state index is 11.6. The number of carbonyl (C=O) groups excluding carboxylic acids is 1. The number of aromatic nitrogens is 2. The zero-order valence-electron chi connectivity index (χ0n) is 14.7. The van der Waals surface area contributed by atoms with Crippen LogP contribution in [0.1, 0.15) is 21.5 Å². The molecule has 3 aromatic rings. The molecule has 1 heterocycles. The SMILES string of the molecule is COC(=O)c1cccc(Nc2nccc(NCc3cccc(C)c3)n2)c1. The number of hydrogen-bond acceptors (Lipinski definition) is 6. The van der Waals surface area contributed by atoms with Crippen LogP contribution in [0.25, 0.3) is 0 Å². The minimum absolute atomic E-state index is 0.386. The first-order chi connectivity index (χ1) is 12.6. The molecule has 3 rings (SSSR count). The van der Waals surface area contributed by atoms with Crippen LogP contribution in [0.3, 0.4) is 0 Å². The van der Waals surface area contributed by atoms with E-state index in [9.17, 15) is 4.79 Å². The lowest BCUT2D eigenvalue weighted by molar-refractivity contribution is 0.0601. The molecule has 6 nitrogen and oxygen atoms in total. The average molecular weight is 348 g/mol. The van der Waals surface area contributed by atoms with E-state index in [1.807, 2.05) is 18.2 Å². The Kier molecular flexibility index (Phi) is 5.43. The standard InChI is InChI=1S/C20H20N4O2/c1-14-5-3-6-15(11-14)13-22-18-9-10-21-20(24-18)23-17-8-4-7-16(12-17)19(25)26-2/h3-12H,13H2,1-2H3,(H2,21,22,23,24). The van der Waals surface area contributed by atoms with E-state index in [2.05, 4.69) is 45.7 Å². The lowest BCUT2D eigenvalue weighted by Crippen LogP contribution is -2.05. The lowest BCUT2D eigenvalue weighted by Gasteiger charge is -2.09. The number of methoxy groups -OCH3 is 1. The van der Waals surface area contributed by atoms with Gasteiger partial charge in [-0.15, -0.1) is 0 Å². The van der Waals surface area contributed by atoms with Crippen molar-refractivity contribution in [2.45, 2.75) is 13.5 Å². The van der Waals surface area contributed by atoms with Gasteiger partial charge in [0.25, 0.3) is 0 Å². The van der Waals surface area contributed by atoms with Gasteiger partial charge in [-0.05, 0) is 36.8 Å². The second-order valence-corrected chi connectivity index (χ2v) is 5.81. The summed E-state index contributed by atoms with van der Waals surface area (Å²) >= 11 is 0. The summed E-state index contributed by atoms with van der Waals surface area (Å²) in [5, 5.41) is 6.39. The number of ether oxygens (including phenoxy) is 1. The van der Waals surface area contributed by atoms with Crippen molar-refractivity contribution in [2.24, 2.45) is 0 Å². The molecule has 6 heteroatoms. The number of carbonyl (C=O) groups is 1. The number of esters is 1. The number of rotatable bonds is 6. The molecule has 0 fully saturated rings. The number of hydrogen-bond donors (Lipinski definition) is 2. The van der Waals surface area contributed by atoms with Gasteiger partial charge in [0.1, 0.15) is 5.82 Å². The summed E-state index contributed by atoms with van der Waals surface area (Å²) in [7, 11) is 1.36. The summed E-state index contributed by atoms with van der Waals surface area (Å²) in [6.07, 6.45) is 1.68. The molecule has 0 atom stereocenters. The van der Waals surface area contributed by atoms with Gasteiger partial charge >= 0.3 is 5.97 Å². The minimum atomic E-state index is -0.386. The van der Waals surface area contributed by atoms with E-state index in [0.29, 0.717) is 29.6 Å². The second-order valence-electron chi connectivity index (χ2n) is 5.81. The molecule has 0 unspecified atom stereocenters. The predicted octanol–water partition coefficient (Wildman–Crippen LogP) is 3.93. The highest BCUT2D eigenvalue weighted by Crippen LogP contribution is 2.17. The fraction of sp³-hybridized carbons (Fsp3) is 0.150. The van der Waals surface area contributed by atoms with E-state index in [-0.39, 0.29) is 5.97 Å². The van der Waals surface area contributed by atoms with E-state index >= 15 is 0 Å². The van der Waals surface area contributed by atoms with Crippen molar-refractivity contribution in [2.75, 3.05) is 17.7 Å². The summed E-state index contributed by atoms with van der Waals surface area (Å²) in [5.74, 6) is 0.775. The third-order valence-corrected chi connectivity index (χ3v) is 3.75. The normalized spacial score (nSPS) is 10.2. The molecular weight excluding hydrogens is 328 g/mol. The molecule has 1 aromatic heterocycles. The van der Waals surface area contributed by atoms with Gasteiger partial charge in [0.05, 0.1) is 12.7 Å². The second kappa shape index (κ2) is 8.11. The van der Waals surface area contributed by atoms with Crippen LogP contribution in [0.5, 0.6) is 0 Å². The fourth-order valence-electron chi connectivity index (χ4n) is 2.50. The van der Waals surface area contributed by atoms with Crippen LogP contribution < -0.4 is 10.6 Å². The van der Waals surface area contributed by atoms with Crippen molar-refractivity contribution >= 4 is 23.4 Å². The van der Waals surface area contributed by atoms with Gasteiger partial charge in [0, 0.05) is 18.4 Å². The monoisotopic (exact) mass is 348 g/mol. The Labute approximate surface area is 152 Å². The van der Waals surface area contributed by atoms with Crippen LogP contribution in [0.2, 0.25) is 0 Å². The molecule has 0 aliphatic rings. The van der Waals surface area contributed by atoms with Crippen molar-refractivity contribution < 1.29 is 9.53 Å². The van der Waals surface area contributed by atoms with Gasteiger partial charge in [-0.2, -0.15) is 4.98 Å². The highest BCUT2D eigenvalue weighted by Gasteiger charge is 2.07. The summed E-state index contributed by atoms with van der Waals surface area (Å²) in [4.78, 5) is 20.3. The molecule has 0 saturated heterocycles. The Hall–Kier alpha value is -3.41. The fourth-order valence-corrected chi connectivity index (χ4v) is 2.50. The summed E-state index contributed by atoms with van der Waals surface area (Å²) < 4.78 is 4.73. The van der Waals surface area contributed by atoms with Crippen molar-refractivity contribution in [3.8, 4) is 0 Å². The molecule has 0 amide bonds. The molecule has 0 saturated carbocycles. The van der Waals surface area contributed by atoms with Crippen LogP contribution in [0.4, 0.5) is 17.5 Å². The van der Waals surface area contributed by atoms with E-state index in [1.165, 1.54) is 18.2 Å². The van der Waals surface area contributed by atoms with Gasteiger partial charge in [0.15, 0.2) is 0 Å². The Morgan fingerprint density at radius 1 is 1.12 bits per heavy atom. The van der Waals surface area contributed by atoms with Crippen molar-refractivity contribution in [3.05, 3.63) is 77.5 Å². The Balaban J connectivity index is 1.68. The van der Waals surface area contributed by atoms with Gasteiger partial charge in [-0.25, -0.2) is 9.78 Å². The molecule has 0 aliphatic carbocycles. The smallest absolute Gasteiger partial charge is 0.337 e. The summed E-state index contributed by atoms with van der Waals surface area (Å²) in [6.45, 7) is 2.74. The molecule has 132 valence electrons. The zero-order valence-corrected chi connectivity index (χ0v) is 14.7. The molecule has 0 spiro atoms. The first-order valence-electron chi connectivity index (χ1n) is 8.22. The number of nitrogens with one attached hydrogen (secondary N) is 2. The van der Waals surface area contributed by atoms with Crippen molar-refractivity contribution in [1.29, 1.82) is 0 Å². The molecule has 26 heavy (non-hydrogen) atoms. The average Bonchev–Trinajstić information content (AvgIpc) is 2.66. The topological polar surface area (TPSA) is 76.1 Å². The van der Waals surface area contributed by atoms with Crippen LogP contribution >= 0.6 is 0 Å². The molecule has 0 aliphatic heterocycles. The van der Waals surface area contributed by atoms with Crippen LogP contribution in [0.15, 0.2) is 60.8 Å². The molecule has 0 radical (unpaired) electrons. The Bertz CT molecular complexity index is 912. The molecule has 2 aromatic carbocycles. The van der Waals surface area contributed by atoms with Crippen molar-refractivity contribution in [1.82, 2.24) is 9.97 Å². The van der Waals surface area contributed by atoms with Gasteiger partial charge in [-0.3, -0.25) is 0 Å². The van der Waals surface area contributed by atoms with Crippen LogP contribution in [-0.4, -0.2) is 23.0 Å². The number of aryl methyl sites for hydroxylation is 1. The molecule has 2 N–H and O–H groups in total. The minimum Gasteiger partial charge on any atom is -0.465 e. The summed E-state index contributed by atoms with van der Waals surface area (Å²) in [6, 6.07) is 17.1. The Morgan fingerprint density at radius 2 is 1.96 bits per heavy atom. The quantitative estimate of drug-likeness (QED) is 0.658. The third-order valence-electron chi connectivity index (χ3n) is 3.75. The first kappa shape index (κ1) is 17.4.